The fraction of sp³-hybridized carbons (Fsp3) is 0.263. The van der Waals surface area contributed by atoms with Crippen LogP contribution in [0.5, 0.6) is 0 Å². The zero-order valence-electron chi connectivity index (χ0n) is 14.4. The van der Waals surface area contributed by atoms with Crippen LogP contribution in [0.1, 0.15) is 26.5 Å². The van der Waals surface area contributed by atoms with Gasteiger partial charge in [0.25, 0.3) is 0 Å². The summed E-state index contributed by atoms with van der Waals surface area (Å²) in [5.74, 6) is -0.285. The van der Waals surface area contributed by atoms with E-state index in [4.69, 9.17) is 4.42 Å². The maximum atomic E-state index is 13.7. The topological polar surface area (TPSA) is 71.3 Å². The second-order valence-corrected chi connectivity index (χ2v) is 6.53. The molecule has 0 aliphatic rings. The fourth-order valence-corrected chi connectivity index (χ4v) is 2.09. The van der Waals surface area contributed by atoms with Crippen molar-refractivity contribution in [1.82, 2.24) is 10.6 Å². The summed E-state index contributed by atoms with van der Waals surface area (Å²) in [5.41, 5.74) is 0.0000210. The molecule has 2 N–H and O–H groups in total. The first-order chi connectivity index (χ1) is 11.7. The van der Waals surface area contributed by atoms with Gasteiger partial charge in [0.05, 0.1) is 12.1 Å². The van der Waals surface area contributed by atoms with Crippen LogP contribution in [0.15, 0.2) is 46.9 Å². The largest absolute Gasteiger partial charge is 0.457 e. The number of hydrogen-bond acceptors (Lipinski definition) is 3. The van der Waals surface area contributed by atoms with Crippen LogP contribution in [-0.2, 0) is 9.59 Å². The molecule has 0 unspecified atom stereocenters. The van der Waals surface area contributed by atoms with Crippen LogP contribution in [0, 0.1) is 5.82 Å². The van der Waals surface area contributed by atoms with Crippen molar-refractivity contribution < 1.29 is 18.4 Å². The van der Waals surface area contributed by atoms with Crippen molar-refractivity contribution in [1.29, 1.82) is 0 Å². The van der Waals surface area contributed by atoms with E-state index in [9.17, 15) is 14.0 Å². The minimum Gasteiger partial charge on any atom is -0.457 e. The van der Waals surface area contributed by atoms with Gasteiger partial charge in [0, 0.05) is 11.6 Å². The van der Waals surface area contributed by atoms with E-state index in [1.165, 1.54) is 18.2 Å². The van der Waals surface area contributed by atoms with E-state index < -0.39 is 5.91 Å². The minimum absolute atomic E-state index is 0.112. The summed E-state index contributed by atoms with van der Waals surface area (Å²) in [7, 11) is 0. The molecule has 132 valence electrons. The summed E-state index contributed by atoms with van der Waals surface area (Å²) in [5, 5.41) is 5.23. The molecule has 1 aromatic carbocycles. The Morgan fingerprint density at radius 1 is 1.16 bits per heavy atom. The lowest BCUT2D eigenvalue weighted by Crippen LogP contribution is -2.45. The number of furan rings is 1. The fourth-order valence-electron chi connectivity index (χ4n) is 2.09. The standard InChI is InChI=1S/C19H21FN2O3/c1-19(2,3)22-18(24)12-21-17(23)11-9-13-8-10-16(25-13)14-6-4-5-7-15(14)20/h4-11H,12H2,1-3H3,(H,21,23)(H,22,24)/b11-9+. The van der Waals surface area contributed by atoms with E-state index in [1.807, 2.05) is 20.8 Å². The summed E-state index contributed by atoms with van der Waals surface area (Å²) < 4.78 is 19.2. The normalized spacial score (nSPS) is 11.5. The van der Waals surface area contributed by atoms with Crippen molar-refractivity contribution in [3.63, 3.8) is 0 Å². The van der Waals surface area contributed by atoms with Gasteiger partial charge in [-0.3, -0.25) is 9.59 Å². The zero-order valence-corrected chi connectivity index (χ0v) is 14.4. The number of carbonyl (C=O) groups is 2. The zero-order chi connectivity index (χ0) is 18.4. The Bertz CT molecular complexity index is 788. The number of benzene rings is 1. The molecule has 0 aliphatic heterocycles. The smallest absolute Gasteiger partial charge is 0.244 e. The van der Waals surface area contributed by atoms with E-state index in [0.717, 1.165) is 0 Å². The molecule has 25 heavy (non-hydrogen) atoms. The Balaban J connectivity index is 1.91. The first-order valence-corrected chi connectivity index (χ1v) is 7.86. The molecule has 1 heterocycles. The number of carbonyl (C=O) groups excluding carboxylic acids is 2. The molecule has 5 nitrogen and oxygen atoms in total. The van der Waals surface area contributed by atoms with Gasteiger partial charge in [-0.25, -0.2) is 4.39 Å². The van der Waals surface area contributed by atoms with E-state index in [-0.39, 0.29) is 23.8 Å². The van der Waals surface area contributed by atoms with Crippen LogP contribution >= 0.6 is 0 Å². The van der Waals surface area contributed by atoms with Crippen LogP contribution in [0.2, 0.25) is 0 Å². The molecule has 2 aromatic rings. The average molecular weight is 344 g/mol. The van der Waals surface area contributed by atoms with Gasteiger partial charge >= 0.3 is 0 Å². The molecular weight excluding hydrogens is 323 g/mol. The number of amides is 2. The second-order valence-electron chi connectivity index (χ2n) is 6.53. The van der Waals surface area contributed by atoms with Gasteiger partial charge in [0.2, 0.25) is 11.8 Å². The summed E-state index contributed by atoms with van der Waals surface area (Å²) in [6.07, 6.45) is 2.72. The number of rotatable bonds is 5. The maximum Gasteiger partial charge on any atom is 0.244 e. The molecular formula is C19H21FN2O3. The number of nitrogens with one attached hydrogen (secondary N) is 2. The van der Waals surface area contributed by atoms with E-state index >= 15 is 0 Å². The monoisotopic (exact) mass is 344 g/mol. The van der Waals surface area contributed by atoms with E-state index in [2.05, 4.69) is 10.6 Å². The first-order valence-electron chi connectivity index (χ1n) is 7.86. The Morgan fingerprint density at radius 3 is 2.56 bits per heavy atom. The Labute approximate surface area is 145 Å². The van der Waals surface area contributed by atoms with Crippen molar-refractivity contribution in [2.45, 2.75) is 26.3 Å². The third-order valence-electron chi connectivity index (χ3n) is 3.10. The van der Waals surface area contributed by atoms with Gasteiger partial charge in [0.1, 0.15) is 17.3 Å². The van der Waals surface area contributed by atoms with Gasteiger partial charge in [-0.15, -0.1) is 0 Å². The van der Waals surface area contributed by atoms with Gasteiger partial charge in [-0.05, 0) is 51.1 Å². The summed E-state index contributed by atoms with van der Waals surface area (Å²) in [6.45, 7) is 5.46. The molecule has 0 saturated heterocycles. The van der Waals surface area contributed by atoms with Crippen molar-refractivity contribution in [2.75, 3.05) is 6.54 Å². The molecule has 1 aromatic heterocycles. The highest BCUT2D eigenvalue weighted by Crippen LogP contribution is 2.25. The molecule has 6 heteroatoms. The maximum absolute atomic E-state index is 13.7. The highest BCUT2D eigenvalue weighted by Gasteiger charge is 2.13. The molecule has 2 amide bonds. The molecule has 0 spiro atoms. The van der Waals surface area contributed by atoms with Crippen LogP contribution in [0.25, 0.3) is 17.4 Å². The third kappa shape index (κ3) is 5.91. The van der Waals surface area contributed by atoms with Crippen molar-refractivity contribution >= 4 is 17.9 Å². The predicted octanol–water partition coefficient (Wildman–Crippen LogP) is 3.13. The second kappa shape index (κ2) is 7.79. The highest BCUT2D eigenvalue weighted by atomic mass is 19.1. The van der Waals surface area contributed by atoms with Gasteiger partial charge in [-0.1, -0.05) is 12.1 Å². The summed E-state index contributed by atoms with van der Waals surface area (Å²) in [6, 6.07) is 9.55. The van der Waals surface area contributed by atoms with Crippen molar-refractivity contribution in [3.8, 4) is 11.3 Å². The SMILES string of the molecule is CC(C)(C)NC(=O)CNC(=O)/C=C/c1ccc(-c2ccccc2F)o1. The van der Waals surface area contributed by atoms with Gasteiger partial charge in [-0.2, -0.15) is 0 Å². The van der Waals surface area contributed by atoms with Crippen molar-refractivity contribution in [2.24, 2.45) is 0 Å². The van der Waals surface area contributed by atoms with Crippen molar-refractivity contribution in [3.05, 3.63) is 54.1 Å². The van der Waals surface area contributed by atoms with Gasteiger partial charge in [0.15, 0.2) is 0 Å². The van der Waals surface area contributed by atoms with Crippen LogP contribution in [0.4, 0.5) is 4.39 Å². The Hall–Kier alpha value is -2.89. The molecule has 0 aliphatic carbocycles. The average Bonchev–Trinajstić information content (AvgIpc) is 2.98. The van der Waals surface area contributed by atoms with Crippen LogP contribution < -0.4 is 10.6 Å². The molecule has 0 fully saturated rings. The lowest BCUT2D eigenvalue weighted by Gasteiger charge is -2.20. The molecule has 0 saturated carbocycles. The molecule has 0 radical (unpaired) electrons. The third-order valence-corrected chi connectivity index (χ3v) is 3.10. The lowest BCUT2D eigenvalue weighted by molar-refractivity contribution is -0.124. The predicted molar refractivity (Wildman–Crippen MR) is 94.0 cm³/mol. The van der Waals surface area contributed by atoms with Crippen LogP contribution in [-0.4, -0.2) is 23.9 Å². The Kier molecular flexibility index (Phi) is 5.75. The number of hydrogen-bond donors (Lipinski definition) is 2. The minimum atomic E-state index is -0.423. The molecule has 2 rings (SSSR count). The summed E-state index contributed by atoms with van der Waals surface area (Å²) in [4.78, 5) is 23.4. The highest BCUT2D eigenvalue weighted by molar-refractivity contribution is 5.94. The van der Waals surface area contributed by atoms with Gasteiger partial charge < -0.3 is 15.1 Å². The quantitative estimate of drug-likeness (QED) is 0.819. The Morgan fingerprint density at radius 2 is 1.88 bits per heavy atom. The summed E-state index contributed by atoms with van der Waals surface area (Å²) >= 11 is 0. The van der Waals surface area contributed by atoms with E-state index in [1.54, 1.807) is 30.3 Å². The lowest BCUT2D eigenvalue weighted by atomic mass is 10.1. The number of halogens is 1. The molecule has 0 atom stereocenters. The molecule has 0 bridgehead atoms. The van der Waals surface area contributed by atoms with E-state index in [0.29, 0.717) is 17.1 Å². The van der Waals surface area contributed by atoms with Crippen LogP contribution in [0.3, 0.4) is 0 Å². The first kappa shape index (κ1) is 18.4.